The molecule has 0 spiro atoms. The Balaban J connectivity index is 2.36. The highest BCUT2D eigenvalue weighted by atomic mass is 79.9. The molecule has 0 bridgehead atoms. The van der Waals surface area contributed by atoms with Crippen molar-refractivity contribution in [2.24, 2.45) is 0 Å². The van der Waals surface area contributed by atoms with Gasteiger partial charge in [0.1, 0.15) is 5.58 Å². The Hall–Kier alpha value is -1.09. The van der Waals surface area contributed by atoms with Crippen molar-refractivity contribution < 1.29 is 4.42 Å². The summed E-state index contributed by atoms with van der Waals surface area (Å²) in [7, 11) is 0. The van der Waals surface area contributed by atoms with Gasteiger partial charge in [0.15, 0.2) is 0 Å². The van der Waals surface area contributed by atoms with E-state index in [1.54, 1.807) is 6.07 Å². The van der Waals surface area contributed by atoms with E-state index in [-0.39, 0.29) is 5.63 Å². The molecule has 1 aliphatic rings. The van der Waals surface area contributed by atoms with Crippen LogP contribution in [0, 0.1) is 13.8 Å². The lowest BCUT2D eigenvalue weighted by Crippen LogP contribution is -2.05. The second-order valence-electron chi connectivity index (χ2n) is 5.51. The van der Waals surface area contributed by atoms with Gasteiger partial charge in [0.2, 0.25) is 0 Å². The van der Waals surface area contributed by atoms with E-state index >= 15 is 0 Å². The van der Waals surface area contributed by atoms with Crippen molar-refractivity contribution in [3.05, 3.63) is 43.7 Å². The molecule has 1 saturated carbocycles. The highest BCUT2D eigenvalue weighted by molar-refractivity contribution is 9.10. The van der Waals surface area contributed by atoms with Crippen LogP contribution in [-0.4, -0.2) is 0 Å². The molecule has 2 aromatic rings. The first-order valence-corrected chi connectivity index (χ1v) is 7.60. The first-order chi connectivity index (χ1) is 9.08. The zero-order chi connectivity index (χ0) is 13.6. The first-order valence-electron chi connectivity index (χ1n) is 6.81. The number of halogens is 1. The molecule has 0 aliphatic heterocycles. The highest BCUT2D eigenvalue weighted by Gasteiger charge is 2.22. The van der Waals surface area contributed by atoms with E-state index in [1.165, 1.54) is 36.8 Å². The number of rotatable bonds is 1. The van der Waals surface area contributed by atoms with Crippen LogP contribution in [0.4, 0.5) is 0 Å². The Morgan fingerprint density at radius 2 is 1.89 bits per heavy atom. The predicted octanol–water partition coefficient (Wildman–Crippen LogP) is 4.83. The Bertz CT molecular complexity index is 694. The monoisotopic (exact) mass is 320 g/mol. The molecule has 100 valence electrons. The summed E-state index contributed by atoms with van der Waals surface area (Å²) in [6.45, 7) is 4.12. The number of benzene rings is 1. The molecule has 0 unspecified atom stereocenters. The fraction of sp³-hybridized carbons (Fsp3) is 0.438. The third-order valence-corrected chi connectivity index (χ3v) is 5.43. The molecule has 0 atom stereocenters. The Morgan fingerprint density at radius 3 is 2.58 bits per heavy atom. The minimum atomic E-state index is -0.226. The van der Waals surface area contributed by atoms with Crippen molar-refractivity contribution in [1.29, 1.82) is 0 Å². The molecule has 1 aromatic heterocycles. The summed E-state index contributed by atoms with van der Waals surface area (Å²) in [5.41, 5.74) is 3.97. The van der Waals surface area contributed by atoms with Gasteiger partial charge in [0.25, 0.3) is 0 Å². The third kappa shape index (κ3) is 2.14. The second-order valence-corrected chi connectivity index (χ2v) is 6.30. The van der Waals surface area contributed by atoms with Crippen LogP contribution >= 0.6 is 15.9 Å². The third-order valence-electron chi connectivity index (χ3n) is 4.21. The van der Waals surface area contributed by atoms with Crippen LogP contribution in [0.15, 0.2) is 25.8 Å². The van der Waals surface area contributed by atoms with E-state index < -0.39 is 0 Å². The minimum absolute atomic E-state index is 0.226. The molecule has 0 amide bonds. The zero-order valence-electron chi connectivity index (χ0n) is 11.3. The molecule has 3 rings (SSSR count). The molecule has 3 heteroatoms. The molecule has 1 fully saturated rings. The predicted molar refractivity (Wildman–Crippen MR) is 80.9 cm³/mol. The van der Waals surface area contributed by atoms with Crippen LogP contribution in [0.5, 0.6) is 0 Å². The second kappa shape index (κ2) is 4.78. The molecular weight excluding hydrogens is 304 g/mol. The minimum Gasteiger partial charge on any atom is -0.423 e. The summed E-state index contributed by atoms with van der Waals surface area (Å²) >= 11 is 3.64. The summed E-state index contributed by atoms with van der Waals surface area (Å²) in [5.74, 6) is 0.514. The average molecular weight is 321 g/mol. The summed E-state index contributed by atoms with van der Waals surface area (Å²) in [5, 5.41) is 1.13. The van der Waals surface area contributed by atoms with Crippen LogP contribution in [0.2, 0.25) is 0 Å². The molecular formula is C16H17BrO2. The average Bonchev–Trinajstić information content (AvgIpc) is 2.88. The van der Waals surface area contributed by atoms with Gasteiger partial charge in [-0.25, -0.2) is 4.79 Å². The largest absolute Gasteiger partial charge is 0.423 e. The van der Waals surface area contributed by atoms with Gasteiger partial charge >= 0.3 is 5.63 Å². The van der Waals surface area contributed by atoms with Gasteiger partial charge in [-0.05, 0) is 55.4 Å². The number of hydrogen-bond donors (Lipinski definition) is 0. The molecule has 1 heterocycles. The van der Waals surface area contributed by atoms with Crippen LogP contribution in [0.1, 0.15) is 48.3 Å². The number of hydrogen-bond acceptors (Lipinski definition) is 2. The van der Waals surface area contributed by atoms with Gasteiger partial charge < -0.3 is 4.42 Å². The Morgan fingerprint density at radius 1 is 1.21 bits per heavy atom. The van der Waals surface area contributed by atoms with E-state index in [4.69, 9.17) is 4.42 Å². The van der Waals surface area contributed by atoms with E-state index in [0.717, 1.165) is 21.0 Å². The molecule has 0 radical (unpaired) electrons. The fourth-order valence-corrected chi connectivity index (χ4v) is 3.57. The van der Waals surface area contributed by atoms with Crippen molar-refractivity contribution in [1.82, 2.24) is 0 Å². The fourth-order valence-electron chi connectivity index (χ4n) is 3.26. The SMILES string of the molecule is Cc1cc2oc(=O)cc(C3CCCC3)c2c(C)c1Br. The van der Waals surface area contributed by atoms with Gasteiger partial charge in [-0.15, -0.1) is 0 Å². The van der Waals surface area contributed by atoms with Crippen molar-refractivity contribution in [2.75, 3.05) is 0 Å². The van der Waals surface area contributed by atoms with Crippen LogP contribution in [0.25, 0.3) is 11.0 Å². The standard InChI is InChI=1S/C16H17BrO2/c1-9-7-13-15(10(2)16(9)17)12(8-14(18)19-13)11-5-3-4-6-11/h7-8,11H,3-6H2,1-2H3. The maximum Gasteiger partial charge on any atom is 0.336 e. The lowest BCUT2D eigenvalue weighted by molar-refractivity contribution is 0.554. The molecule has 19 heavy (non-hydrogen) atoms. The normalized spacial score (nSPS) is 16.4. The maximum atomic E-state index is 11.8. The molecule has 0 saturated heterocycles. The van der Waals surface area contributed by atoms with Crippen molar-refractivity contribution >= 4 is 26.9 Å². The van der Waals surface area contributed by atoms with E-state index in [0.29, 0.717) is 5.92 Å². The van der Waals surface area contributed by atoms with Crippen molar-refractivity contribution in [3.8, 4) is 0 Å². The quantitative estimate of drug-likeness (QED) is 0.704. The molecule has 1 aliphatic carbocycles. The molecule has 1 aromatic carbocycles. The van der Waals surface area contributed by atoms with E-state index in [9.17, 15) is 4.79 Å². The summed E-state index contributed by atoms with van der Waals surface area (Å²) in [6, 6.07) is 3.67. The number of aryl methyl sites for hydroxylation is 2. The smallest absolute Gasteiger partial charge is 0.336 e. The molecule has 2 nitrogen and oxygen atoms in total. The van der Waals surface area contributed by atoms with Crippen molar-refractivity contribution in [3.63, 3.8) is 0 Å². The molecule has 0 N–H and O–H groups in total. The van der Waals surface area contributed by atoms with Crippen LogP contribution < -0.4 is 5.63 Å². The summed E-state index contributed by atoms with van der Waals surface area (Å²) in [4.78, 5) is 11.8. The van der Waals surface area contributed by atoms with Gasteiger partial charge in [-0.1, -0.05) is 28.8 Å². The van der Waals surface area contributed by atoms with E-state index in [1.807, 2.05) is 13.0 Å². The lowest BCUT2D eigenvalue weighted by atomic mass is 9.92. The van der Waals surface area contributed by atoms with Gasteiger partial charge in [0, 0.05) is 15.9 Å². The topological polar surface area (TPSA) is 30.2 Å². The first kappa shape index (κ1) is 12.9. The van der Waals surface area contributed by atoms with E-state index in [2.05, 4.69) is 22.9 Å². The lowest BCUT2D eigenvalue weighted by Gasteiger charge is -2.15. The summed E-state index contributed by atoms with van der Waals surface area (Å²) in [6.07, 6.45) is 4.89. The zero-order valence-corrected chi connectivity index (χ0v) is 12.8. The van der Waals surface area contributed by atoms with Gasteiger partial charge in [-0.2, -0.15) is 0 Å². The number of fused-ring (bicyclic) bond motifs is 1. The Kier molecular flexibility index (Phi) is 3.25. The van der Waals surface area contributed by atoms with Crippen LogP contribution in [-0.2, 0) is 0 Å². The Labute approximate surface area is 120 Å². The maximum absolute atomic E-state index is 11.8. The highest BCUT2D eigenvalue weighted by Crippen LogP contribution is 2.39. The summed E-state index contributed by atoms with van der Waals surface area (Å²) < 4.78 is 6.52. The van der Waals surface area contributed by atoms with Gasteiger partial charge in [0.05, 0.1) is 0 Å². The van der Waals surface area contributed by atoms with Crippen LogP contribution in [0.3, 0.4) is 0 Å². The van der Waals surface area contributed by atoms with Gasteiger partial charge in [-0.3, -0.25) is 0 Å². The van der Waals surface area contributed by atoms with Crippen molar-refractivity contribution in [2.45, 2.75) is 45.4 Å².